The molecule has 4 heteroatoms. The molecule has 2 rings (SSSR count). The van der Waals surface area contributed by atoms with E-state index in [0.717, 1.165) is 24.0 Å². The number of hydrogen-bond donors (Lipinski definition) is 2. The third kappa shape index (κ3) is 3.70. The van der Waals surface area contributed by atoms with Gasteiger partial charge in [-0.15, -0.1) is 0 Å². The molecule has 1 fully saturated rings. The van der Waals surface area contributed by atoms with Crippen molar-refractivity contribution in [3.63, 3.8) is 0 Å². The number of hydrogen-bond acceptors (Lipinski definition) is 3. The van der Waals surface area contributed by atoms with Crippen LogP contribution in [0.3, 0.4) is 0 Å². The summed E-state index contributed by atoms with van der Waals surface area (Å²) >= 11 is 0. The van der Waals surface area contributed by atoms with Gasteiger partial charge in [-0.05, 0) is 24.0 Å². The van der Waals surface area contributed by atoms with Crippen molar-refractivity contribution in [3.05, 3.63) is 35.4 Å². The molecule has 0 aromatic heterocycles. The molecule has 4 N–H and O–H groups in total. The molecule has 1 amide bonds. The fraction of sp³-hybridized carbons (Fsp3) is 0.533. The minimum absolute atomic E-state index is 0.218. The Hall–Kier alpha value is -1.55. The van der Waals surface area contributed by atoms with E-state index < -0.39 is 6.09 Å². The number of ether oxygens (including phenoxy) is 1. The van der Waals surface area contributed by atoms with Crippen LogP contribution in [0.25, 0.3) is 0 Å². The Balaban J connectivity index is 2.17. The van der Waals surface area contributed by atoms with Crippen LogP contribution in [-0.2, 0) is 11.3 Å². The summed E-state index contributed by atoms with van der Waals surface area (Å²) in [6.07, 6.45) is 4.94. The summed E-state index contributed by atoms with van der Waals surface area (Å²) in [6.45, 7) is 0.519. The lowest BCUT2D eigenvalue weighted by Gasteiger charge is -2.29. The third-order valence-electron chi connectivity index (χ3n) is 3.87. The summed E-state index contributed by atoms with van der Waals surface area (Å²) in [5, 5.41) is 0. The molecular weight excluding hydrogens is 240 g/mol. The van der Waals surface area contributed by atoms with Crippen LogP contribution >= 0.6 is 0 Å². The van der Waals surface area contributed by atoms with Crippen molar-refractivity contribution in [2.75, 3.05) is 0 Å². The van der Waals surface area contributed by atoms with Crippen LogP contribution in [0.1, 0.15) is 49.3 Å². The molecule has 0 radical (unpaired) electrons. The summed E-state index contributed by atoms with van der Waals surface area (Å²) in [5.74, 6) is 0.380. The van der Waals surface area contributed by atoms with Gasteiger partial charge < -0.3 is 16.2 Å². The van der Waals surface area contributed by atoms with Crippen LogP contribution in [0.15, 0.2) is 24.3 Å². The van der Waals surface area contributed by atoms with E-state index in [1.54, 1.807) is 0 Å². The Morgan fingerprint density at radius 2 is 1.84 bits per heavy atom. The number of carbonyl (C=O) groups excluding carboxylic acids is 1. The maximum atomic E-state index is 11.1. The molecule has 1 saturated carbocycles. The second-order valence-electron chi connectivity index (χ2n) is 5.20. The molecule has 19 heavy (non-hydrogen) atoms. The van der Waals surface area contributed by atoms with Crippen LogP contribution in [-0.4, -0.2) is 6.09 Å². The lowest BCUT2D eigenvalue weighted by molar-refractivity contribution is 0.0534. The molecule has 0 heterocycles. The van der Waals surface area contributed by atoms with Crippen LogP contribution < -0.4 is 11.5 Å². The van der Waals surface area contributed by atoms with E-state index in [2.05, 4.69) is 0 Å². The quantitative estimate of drug-likeness (QED) is 0.875. The van der Waals surface area contributed by atoms with E-state index in [9.17, 15) is 4.79 Å². The van der Waals surface area contributed by atoms with E-state index in [-0.39, 0.29) is 6.10 Å². The fourth-order valence-electron chi connectivity index (χ4n) is 2.84. The maximum Gasteiger partial charge on any atom is 0.405 e. The molecule has 4 nitrogen and oxygen atoms in total. The second kappa shape index (κ2) is 6.57. The SMILES string of the molecule is NCc1ccc(C(OC(N)=O)C2CCCCC2)cc1. The fourth-order valence-corrected chi connectivity index (χ4v) is 2.84. The third-order valence-corrected chi connectivity index (χ3v) is 3.87. The van der Waals surface area contributed by atoms with E-state index >= 15 is 0 Å². The zero-order chi connectivity index (χ0) is 13.7. The van der Waals surface area contributed by atoms with Gasteiger partial charge in [-0.25, -0.2) is 4.79 Å². The van der Waals surface area contributed by atoms with Crippen molar-refractivity contribution in [3.8, 4) is 0 Å². The number of benzene rings is 1. The Labute approximate surface area is 114 Å². The lowest BCUT2D eigenvalue weighted by atomic mass is 9.82. The highest BCUT2D eigenvalue weighted by molar-refractivity contribution is 5.65. The van der Waals surface area contributed by atoms with E-state index in [1.807, 2.05) is 24.3 Å². The number of rotatable bonds is 4. The largest absolute Gasteiger partial charge is 0.441 e. The van der Waals surface area contributed by atoms with E-state index in [4.69, 9.17) is 16.2 Å². The first-order valence-corrected chi connectivity index (χ1v) is 6.95. The number of primary amides is 1. The van der Waals surface area contributed by atoms with Crippen molar-refractivity contribution in [1.82, 2.24) is 0 Å². The van der Waals surface area contributed by atoms with Gasteiger partial charge in [0.05, 0.1) is 0 Å². The summed E-state index contributed by atoms with van der Waals surface area (Å²) in [5.41, 5.74) is 12.9. The number of amides is 1. The van der Waals surface area contributed by atoms with Crippen molar-refractivity contribution in [1.29, 1.82) is 0 Å². The first kappa shape index (κ1) is 13.9. The van der Waals surface area contributed by atoms with Crippen LogP contribution in [0.5, 0.6) is 0 Å². The monoisotopic (exact) mass is 262 g/mol. The topological polar surface area (TPSA) is 78.3 Å². The molecule has 104 valence electrons. The molecule has 1 aromatic rings. The Kier molecular flexibility index (Phi) is 4.80. The normalized spacial score (nSPS) is 17.9. The first-order chi connectivity index (χ1) is 9.20. The standard InChI is InChI=1S/C15H22N2O2/c16-10-11-6-8-13(9-7-11)14(19-15(17)18)12-4-2-1-3-5-12/h6-9,12,14H,1-5,10,16H2,(H2,17,18). The maximum absolute atomic E-state index is 11.1. The molecule has 1 aromatic carbocycles. The Bertz CT molecular complexity index is 411. The molecule has 0 bridgehead atoms. The van der Waals surface area contributed by atoms with Gasteiger partial charge in [-0.1, -0.05) is 43.5 Å². The molecule has 0 aliphatic heterocycles. The Morgan fingerprint density at radius 3 is 2.37 bits per heavy atom. The molecule has 1 aliphatic carbocycles. The highest BCUT2D eigenvalue weighted by Gasteiger charge is 2.27. The lowest BCUT2D eigenvalue weighted by Crippen LogP contribution is -2.24. The van der Waals surface area contributed by atoms with Gasteiger partial charge in [-0.3, -0.25) is 0 Å². The smallest absolute Gasteiger partial charge is 0.405 e. The predicted molar refractivity (Wildman–Crippen MR) is 74.3 cm³/mol. The zero-order valence-electron chi connectivity index (χ0n) is 11.2. The molecule has 0 saturated heterocycles. The van der Waals surface area contributed by atoms with Gasteiger partial charge in [0.15, 0.2) is 0 Å². The van der Waals surface area contributed by atoms with Gasteiger partial charge in [0, 0.05) is 12.5 Å². The number of nitrogens with two attached hydrogens (primary N) is 2. The van der Waals surface area contributed by atoms with Crippen molar-refractivity contribution >= 4 is 6.09 Å². The van der Waals surface area contributed by atoms with Gasteiger partial charge in [0.2, 0.25) is 0 Å². The van der Waals surface area contributed by atoms with Gasteiger partial charge in [-0.2, -0.15) is 0 Å². The van der Waals surface area contributed by atoms with Crippen molar-refractivity contribution in [2.24, 2.45) is 17.4 Å². The summed E-state index contributed by atoms with van der Waals surface area (Å²) < 4.78 is 5.36. The average molecular weight is 262 g/mol. The minimum atomic E-state index is -0.696. The zero-order valence-corrected chi connectivity index (χ0v) is 11.2. The highest BCUT2D eigenvalue weighted by Crippen LogP contribution is 2.36. The van der Waals surface area contributed by atoms with Crippen molar-refractivity contribution < 1.29 is 9.53 Å². The average Bonchev–Trinajstić information content (AvgIpc) is 2.46. The van der Waals surface area contributed by atoms with E-state index in [1.165, 1.54) is 19.3 Å². The van der Waals surface area contributed by atoms with Gasteiger partial charge >= 0.3 is 6.09 Å². The molecule has 1 unspecified atom stereocenters. The minimum Gasteiger partial charge on any atom is -0.441 e. The first-order valence-electron chi connectivity index (χ1n) is 6.95. The summed E-state index contributed by atoms with van der Waals surface area (Å²) in [7, 11) is 0. The predicted octanol–water partition coefficient (Wildman–Crippen LogP) is 2.86. The van der Waals surface area contributed by atoms with Crippen LogP contribution in [0.4, 0.5) is 4.79 Å². The highest BCUT2D eigenvalue weighted by atomic mass is 16.6. The molecule has 1 atom stereocenters. The van der Waals surface area contributed by atoms with Crippen LogP contribution in [0, 0.1) is 5.92 Å². The van der Waals surface area contributed by atoms with E-state index in [0.29, 0.717) is 12.5 Å². The van der Waals surface area contributed by atoms with Gasteiger partial charge in [0.25, 0.3) is 0 Å². The number of carbonyl (C=O) groups is 1. The molecular formula is C15H22N2O2. The second-order valence-corrected chi connectivity index (χ2v) is 5.20. The summed E-state index contributed by atoms with van der Waals surface area (Å²) in [6, 6.07) is 7.94. The van der Waals surface area contributed by atoms with Gasteiger partial charge in [0.1, 0.15) is 6.10 Å². The van der Waals surface area contributed by atoms with Crippen LogP contribution in [0.2, 0.25) is 0 Å². The Morgan fingerprint density at radius 1 is 1.21 bits per heavy atom. The molecule has 0 spiro atoms. The summed E-state index contributed by atoms with van der Waals surface area (Å²) in [4.78, 5) is 11.1. The van der Waals surface area contributed by atoms with Crippen molar-refractivity contribution in [2.45, 2.75) is 44.8 Å². The molecule has 1 aliphatic rings.